The van der Waals surface area contributed by atoms with E-state index in [4.69, 9.17) is 5.11 Å². The molecule has 1 aromatic rings. The molecule has 2 N–H and O–H groups in total. The van der Waals surface area contributed by atoms with Gasteiger partial charge in [0.2, 0.25) is 0 Å². The molecule has 0 saturated heterocycles. The third-order valence-corrected chi connectivity index (χ3v) is 2.28. The monoisotopic (exact) mass is 224 g/mol. The van der Waals surface area contributed by atoms with Crippen molar-refractivity contribution in [1.82, 2.24) is 9.97 Å². The number of rotatable bonds is 7. The maximum Gasteiger partial charge on any atom is 0.134 e. The molecule has 0 aliphatic carbocycles. The van der Waals surface area contributed by atoms with Crippen molar-refractivity contribution in [2.75, 3.05) is 36.5 Å². The largest absolute Gasteiger partial charge is 0.395 e. The maximum atomic E-state index is 8.94. The summed E-state index contributed by atoms with van der Waals surface area (Å²) in [5.74, 6) is 1.69. The van der Waals surface area contributed by atoms with Crippen LogP contribution in [0.2, 0.25) is 0 Å². The summed E-state index contributed by atoms with van der Waals surface area (Å²) in [7, 11) is 0. The van der Waals surface area contributed by atoms with Crippen LogP contribution in [0.4, 0.5) is 11.6 Å². The molecule has 0 aliphatic rings. The lowest BCUT2D eigenvalue weighted by Crippen LogP contribution is -2.27. The van der Waals surface area contributed by atoms with Gasteiger partial charge in [-0.2, -0.15) is 0 Å². The lowest BCUT2D eigenvalue weighted by atomic mass is 10.4. The number of aliphatic hydroxyl groups is 1. The van der Waals surface area contributed by atoms with Crippen molar-refractivity contribution in [3.05, 3.63) is 12.4 Å². The highest BCUT2D eigenvalue weighted by Crippen LogP contribution is 2.13. The first kappa shape index (κ1) is 12.7. The fraction of sp³-hybridized carbons (Fsp3) is 0.636. The molecule has 1 heterocycles. The molecule has 0 aliphatic heterocycles. The molecule has 0 saturated carbocycles. The van der Waals surface area contributed by atoms with E-state index >= 15 is 0 Å². The Labute approximate surface area is 96.5 Å². The van der Waals surface area contributed by atoms with Crippen LogP contribution >= 0.6 is 0 Å². The minimum Gasteiger partial charge on any atom is -0.395 e. The summed E-state index contributed by atoms with van der Waals surface area (Å²) < 4.78 is 0. The van der Waals surface area contributed by atoms with Crippen LogP contribution in [0.15, 0.2) is 12.4 Å². The van der Waals surface area contributed by atoms with Gasteiger partial charge in [-0.3, -0.25) is 0 Å². The fourth-order valence-corrected chi connectivity index (χ4v) is 1.43. The van der Waals surface area contributed by atoms with Crippen LogP contribution in [0.3, 0.4) is 0 Å². The topological polar surface area (TPSA) is 61.3 Å². The van der Waals surface area contributed by atoms with E-state index in [1.807, 2.05) is 17.9 Å². The lowest BCUT2D eigenvalue weighted by molar-refractivity contribution is 0.302. The molecule has 0 bridgehead atoms. The van der Waals surface area contributed by atoms with Crippen molar-refractivity contribution in [2.24, 2.45) is 0 Å². The van der Waals surface area contributed by atoms with Crippen LogP contribution in [0.25, 0.3) is 0 Å². The highest BCUT2D eigenvalue weighted by atomic mass is 16.3. The van der Waals surface area contributed by atoms with Gasteiger partial charge in [-0.05, 0) is 13.3 Å². The molecule has 0 radical (unpaired) electrons. The van der Waals surface area contributed by atoms with Gasteiger partial charge >= 0.3 is 0 Å². The first-order chi connectivity index (χ1) is 7.81. The van der Waals surface area contributed by atoms with E-state index < -0.39 is 0 Å². The van der Waals surface area contributed by atoms with Crippen LogP contribution in [-0.4, -0.2) is 41.3 Å². The van der Waals surface area contributed by atoms with Crippen LogP contribution in [0.5, 0.6) is 0 Å². The van der Waals surface area contributed by atoms with Gasteiger partial charge in [0.25, 0.3) is 0 Å². The Bertz CT molecular complexity index is 306. The second kappa shape index (κ2) is 7.00. The van der Waals surface area contributed by atoms with Crippen LogP contribution in [0, 0.1) is 0 Å². The van der Waals surface area contributed by atoms with Gasteiger partial charge in [0.15, 0.2) is 0 Å². The normalized spacial score (nSPS) is 10.2. The number of aromatic nitrogens is 2. The molecule has 5 nitrogen and oxygen atoms in total. The molecule has 1 aromatic heterocycles. The molecule has 0 atom stereocenters. The van der Waals surface area contributed by atoms with Crippen molar-refractivity contribution in [3.8, 4) is 0 Å². The van der Waals surface area contributed by atoms with Crippen LogP contribution < -0.4 is 10.2 Å². The zero-order valence-corrected chi connectivity index (χ0v) is 9.98. The Morgan fingerprint density at radius 2 is 2.19 bits per heavy atom. The molecular weight excluding hydrogens is 204 g/mol. The van der Waals surface area contributed by atoms with E-state index in [0.29, 0.717) is 6.54 Å². The van der Waals surface area contributed by atoms with Gasteiger partial charge in [-0.15, -0.1) is 0 Å². The van der Waals surface area contributed by atoms with Crippen molar-refractivity contribution in [3.63, 3.8) is 0 Å². The first-order valence-electron chi connectivity index (χ1n) is 5.73. The number of nitrogens with zero attached hydrogens (tertiary/aromatic N) is 3. The third kappa shape index (κ3) is 3.66. The van der Waals surface area contributed by atoms with Crippen molar-refractivity contribution < 1.29 is 5.11 Å². The summed E-state index contributed by atoms with van der Waals surface area (Å²) in [6.07, 6.45) is 2.61. The van der Waals surface area contributed by atoms with E-state index in [0.717, 1.165) is 31.1 Å². The standard InChI is InChI=1S/C11H20N4O/c1-3-5-12-10-8-11(14-9-13-10)15(4-2)6-7-16/h8-9,16H,3-7H2,1-2H3,(H,12,13,14). The minimum absolute atomic E-state index is 0.134. The molecular formula is C11H20N4O. The van der Waals surface area contributed by atoms with Gasteiger partial charge in [-0.1, -0.05) is 6.92 Å². The van der Waals surface area contributed by atoms with E-state index in [-0.39, 0.29) is 6.61 Å². The number of anilines is 2. The highest BCUT2D eigenvalue weighted by molar-refractivity contribution is 5.48. The predicted molar refractivity (Wildman–Crippen MR) is 65.8 cm³/mol. The molecule has 1 rings (SSSR count). The highest BCUT2D eigenvalue weighted by Gasteiger charge is 2.05. The Balaban J connectivity index is 2.71. The van der Waals surface area contributed by atoms with Gasteiger partial charge in [0, 0.05) is 25.7 Å². The summed E-state index contributed by atoms with van der Waals surface area (Å²) in [5.41, 5.74) is 0. The average molecular weight is 224 g/mol. The Morgan fingerprint density at radius 1 is 1.38 bits per heavy atom. The molecule has 90 valence electrons. The number of hydrogen-bond acceptors (Lipinski definition) is 5. The predicted octanol–water partition coefficient (Wildman–Crippen LogP) is 1.12. The number of hydrogen-bond donors (Lipinski definition) is 2. The lowest BCUT2D eigenvalue weighted by Gasteiger charge is -2.20. The van der Waals surface area contributed by atoms with E-state index in [1.165, 1.54) is 0 Å². The molecule has 0 amide bonds. The third-order valence-electron chi connectivity index (χ3n) is 2.28. The second-order valence-electron chi connectivity index (χ2n) is 3.49. The quantitative estimate of drug-likeness (QED) is 0.726. The van der Waals surface area contributed by atoms with E-state index in [2.05, 4.69) is 22.2 Å². The summed E-state index contributed by atoms with van der Waals surface area (Å²) in [6, 6.07) is 1.91. The molecule has 0 spiro atoms. The fourth-order valence-electron chi connectivity index (χ4n) is 1.43. The number of nitrogens with one attached hydrogen (secondary N) is 1. The van der Waals surface area contributed by atoms with Crippen molar-refractivity contribution >= 4 is 11.6 Å². The van der Waals surface area contributed by atoms with E-state index in [1.54, 1.807) is 6.33 Å². The van der Waals surface area contributed by atoms with Gasteiger partial charge in [-0.25, -0.2) is 9.97 Å². The first-order valence-corrected chi connectivity index (χ1v) is 5.73. The number of aliphatic hydroxyl groups excluding tert-OH is 1. The zero-order valence-electron chi connectivity index (χ0n) is 9.98. The minimum atomic E-state index is 0.134. The summed E-state index contributed by atoms with van der Waals surface area (Å²) >= 11 is 0. The van der Waals surface area contributed by atoms with Crippen LogP contribution in [0.1, 0.15) is 20.3 Å². The van der Waals surface area contributed by atoms with Crippen molar-refractivity contribution in [1.29, 1.82) is 0 Å². The molecule has 5 heteroatoms. The Hall–Kier alpha value is -1.36. The van der Waals surface area contributed by atoms with Gasteiger partial charge in [0.05, 0.1) is 6.61 Å². The SMILES string of the molecule is CCCNc1cc(N(CC)CCO)ncn1. The maximum absolute atomic E-state index is 8.94. The molecule has 0 fully saturated rings. The Morgan fingerprint density at radius 3 is 2.81 bits per heavy atom. The van der Waals surface area contributed by atoms with Gasteiger partial charge < -0.3 is 15.3 Å². The molecule has 0 aromatic carbocycles. The summed E-state index contributed by atoms with van der Waals surface area (Å²) in [6.45, 7) is 6.61. The summed E-state index contributed by atoms with van der Waals surface area (Å²) in [4.78, 5) is 10.4. The molecule has 16 heavy (non-hydrogen) atoms. The molecule has 0 unspecified atom stereocenters. The number of likely N-dealkylation sites (N-methyl/N-ethyl adjacent to an activating group) is 1. The van der Waals surface area contributed by atoms with Gasteiger partial charge in [0.1, 0.15) is 18.0 Å². The van der Waals surface area contributed by atoms with Crippen molar-refractivity contribution in [2.45, 2.75) is 20.3 Å². The zero-order chi connectivity index (χ0) is 11.8. The van der Waals surface area contributed by atoms with E-state index in [9.17, 15) is 0 Å². The van der Waals surface area contributed by atoms with Crippen LogP contribution in [-0.2, 0) is 0 Å². The average Bonchev–Trinajstić information content (AvgIpc) is 2.33. The summed E-state index contributed by atoms with van der Waals surface area (Å²) in [5, 5.41) is 12.2. The second-order valence-corrected chi connectivity index (χ2v) is 3.49. The Kier molecular flexibility index (Phi) is 5.56. The smallest absolute Gasteiger partial charge is 0.134 e.